The van der Waals surface area contributed by atoms with E-state index in [9.17, 15) is 26.3 Å². The van der Waals surface area contributed by atoms with Crippen LogP contribution < -0.4 is 0 Å². The molecule has 1 aliphatic heterocycles. The van der Waals surface area contributed by atoms with Gasteiger partial charge in [-0.15, -0.1) is 11.3 Å². The monoisotopic (exact) mass is 603 g/mol. The molecule has 1 atom stereocenters. The van der Waals surface area contributed by atoms with Crippen LogP contribution in [0, 0.1) is 0 Å². The molecule has 4 aromatic rings. The number of likely N-dealkylation sites (tertiary alicyclic amines) is 1. The second kappa shape index (κ2) is 13.5. The number of carboxylic acid groups (broad SMARTS) is 2. The fourth-order valence-corrected chi connectivity index (χ4v) is 4.54. The molecule has 41 heavy (non-hydrogen) atoms. The predicted molar refractivity (Wildman–Crippen MR) is 135 cm³/mol. The van der Waals surface area contributed by atoms with Gasteiger partial charge >= 0.3 is 24.3 Å². The predicted octanol–water partition coefficient (Wildman–Crippen LogP) is 5.50. The van der Waals surface area contributed by atoms with Gasteiger partial charge in [0.1, 0.15) is 0 Å². The molecule has 2 N–H and O–H groups in total. The Bertz CT molecular complexity index is 1400. The van der Waals surface area contributed by atoms with Crippen LogP contribution in [0.5, 0.6) is 0 Å². The molecular weight excluding hydrogens is 580 g/mol. The van der Waals surface area contributed by atoms with Gasteiger partial charge in [-0.05, 0) is 60.7 Å². The lowest BCUT2D eigenvalue weighted by molar-refractivity contribution is -0.193. The lowest BCUT2D eigenvalue weighted by atomic mass is 9.97. The van der Waals surface area contributed by atoms with Crippen LogP contribution in [0.3, 0.4) is 0 Å². The van der Waals surface area contributed by atoms with Crippen LogP contribution in [-0.4, -0.2) is 72.1 Å². The molecule has 0 aliphatic carbocycles. The lowest BCUT2D eigenvalue weighted by Gasteiger charge is -2.31. The van der Waals surface area contributed by atoms with E-state index in [0.29, 0.717) is 5.92 Å². The van der Waals surface area contributed by atoms with E-state index >= 15 is 0 Å². The molecule has 16 heteroatoms. The van der Waals surface area contributed by atoms with E-state index in [1.54, 1.807) is 11.3 Å². The second-order valence-electron chi connectivity index (χ2n) is 8.70. The summed E-state index contributed by atoms with van der Waals surface area (Å²) in [5, 5.41) is 21.2. The lowest BCUT2D eigenvalue weighted by Crippen LogP contribution is -2.34. The number of alkyl halides is 6. The Hall–Kier alpha value is -4.05. The average Bonchev–Trinajstić information content (AvgIpc) is 3.59. The van der Waals surface area contributed by atoms with Crippen LogP contribution in [0.25, 0.3) is 16.1 Å². The summed E-state index contributed by atoms with van der Waals surface area (Å²) in [6, 6.07) is 12.6. The highest BCUT2D eigenvalue weighted by Gasteiger charge is 2.38. The van der Waals surface area contributed by atoms with Crippen molar-refractivity contribution in [2.75, 3.05) is 13.1 Å². The molecular formula is C25H23F6N5O4S. The summed E-state index contributed by atoms with van der Waals surface area (Å²) in [6.45, 7) is 3.11. The first-order valence-electron chi connectivity index (χ1n) is 11.9. The molecule has 5 heterocycles. The largest absolute Gasteiger partial charge is 0.490 e. The van der Waals surface area contributed by atoms with Crippen molar-refractivity contribution in [2.24, 2.45) is 0 Å². The van der Waals surface area contributed by atoms with Crippen LogP contribution in [-0.2, 0) is 16.1 Å². The molecule has 0 saturated carbocycles. The topological polar surface area (TPSA) is 121 Å². The number of hydrogen-bond acceptors (Lipinski definition) is 7. The number of fused-ring (bicyclic) bond motifs is 1. The number of carboxylic acids is 2. The second-order valence-corrected chi connectivity index (χ2v) is 9.65. The molecule has 1 saturated heterocycles. The quantitative estimate of drug-likeness (QED) is 0.294. The molecule has 0 spiro atoms. The minimum Gasteiger partial charge on any atom is -0.475 e. The summed E-state index contributed by atoms with van der Waals surface area (Å²) < 4.78 is 65.4. The summed E-state index contributed by atoms with van der Waals surface area (Å²) in [4.78, 5) is 30.5. The number of carbonyl (C=O) groups is 2. The Labute approximate surface area is 232 Å². The van der Waals surface area contributed by atoms with Crippen molar-refractivity contribution in [1.82, 2.24) is 24.5 Å². The molecule has 5 rings (SSSR count). The minimum absolute atomic E-state index is 0.394. The number of aliphatic carboxylic acids is 2. The van der Waals surface area contributed by atoms with Crippen LogP contribution in [0.2, 0.25) is 0 Å². The molecule has 9 nitrogen and oxygen atoms in total. The summed E-state index contributed by atoms with van der Waals surface area (Å²) >= 11 is 1.75. The van der Waals surface area contributed by atoms with Gasteiger partial charge < -0.3 is 10.2 Å². The Kier molecular flexibility index (Phi) is 10.4. The van der Waals surface area contributed by atoms with Gasteiger partial charge in [0, 0.05) is 48.0 Å². The van der Waals surface area contributed by atoms with Crippen molar-refractivity contribution in [3.63, 3.8) is 0 Å². The van der Waals surface area contributed by atoms with Crippen LogP contribution in [0.15, 0.2) is 60.4 Å². The summed E-state index contributed by atoms with van der Waals surface area (Å²) in [7, 11) is 0. The first kappa shape index (κ1) is 31.5. The fourth-order valence-electron chi connectivity index (χ4n) is 3.82. The Morgan fingerprint density at radius 2 is 1.61 bits per heavy atom. The molecule has 4 aromatic heterocycles. The molecule has 1 fully saturated rings. The number of halogens is 6. The number of hydrogen-bond donors (Lipinski definition) is 2. The third-order valence-electron chi connectivity index (χ3n) is 5.66. The van der Waals surface area contributed by atoms with Crippen LogP contribution in [0.1, 0.15) is 30.1 Å². The maximum atomic E-state index is 10.6. The molecule has 0 radical (unpaired) electrons. The highest BCUT2D eigenvalue weighted by molar-refractivity contribution is 7.13. The van der Waals surface area contributed by atoms with Gasteiger partial charge in [0.2, 0.25) is 0 Å². The SMILES string of the molecule is O=C(O)C(F)(F)F.O=C(O)C(F)(F)F.c1csc(-c2ccc3nc(C4CCCN(Cc5ccncc5)C4)nn3c2)c1. The zero-order valence-electron chi connectivity index (χ0n) is 21.0. The first-order valence-corrected chi connectivity index (χ1v) is 12.7. The van der Waals surface area contributed by atoms with Crippen molar-refractivity contribution in [2.45, 2.75) is 37.7 Å². The van der Waals surface area contributed by atoms with E-state index in [4.69, 9.17) is 29.9 Å². The van der Waals surface area contributed by atoms with Crippen molar-refractivity contribution in [1.29, 1.82) is 0 Å². The maximum absolute atomic E-state index is 10.6. The minimum atomic E-state index is -5.08. The van der Waals surface area contributed by atoms with E-state index in [2.05, 4.69) is 57.9 Å². The Morgan fingerprint density at radius 3 is 2.17 bits per heavy atom. The highest BCUT2D eigenvalue weighted by atomic mass is 32.1. The number of thiophene rings is 1. The van der Waals surface area contributed by atoms with E-state index in [0.717, 1.165) is 37.5 Å². The van der Waals surface area contributed by atoms with Crippen molar-refractivity contribution in [3.05, 3.63) is 71.8 Å². The highest BCUT2D eigenvalue weighted by Crippen LogP contribution is 2.28. The zero-order chi connectivity index (χ0) is 30.2. The number of pyridine rings is 2. The van der Waals surface area contributed by atoms with E-state index in [-0.39, 0.29) is 0 Å². The summed E-state index contributed by atoms with van der Waals surface area (Å²) in [5.74, 6) is -4.15. The van der Waals surface area contributed by atoms with E-state index in [1.165, 1.54) is 22.4 Å². The number of aromatic nitrogens is 4. The van der Waals surface area contributed by atoms with Crippen molar-refractivity contribution >= 4 is 28.9 Å². The summed E-state index contributed by atoms with van der Waals surface area (Å²) in [6.07, 6.45) is -2.00. The maximum Gasteiger partial charge on any atom is 0.490 e. The Morgan fingerprint density at radius 1 is 0.976 bits per heavy atom. The molecule has 220 valence electrons. The number of piperidine rings is 1. The third kappa shape index (κ3) is 9.53. The van der Waals surface area contributed by atoms with Gasteiger partial charge in [0.25, 0.3) is 0 Å². The molecule has 1 aliphatic rings. The fraction of sp³-hybridized carbons (Fsp3) is 0.320. The first-order chi connectivity index (χ1) is 19.2. The molecule has 0 amide bonds. The van der Waals surface area contributed by atoms with E-state index < -0.39 is 24.3 Å². The van der Waals surface area contributed by atoms with Crippen molar-refractivity contribution < 1.29 is 46.1 Å². The Balaban J connectivity index is 0.000000276. The van der Waals surface area contributed by atoms with Crippen LogP contribution in [0.4, 0.5) is 26.3 Å². The molecule has 0 aromatic carbocycles. The summed E-state index contributed by atoms with van der Waals surface area (Å²) in [5.41, 5.74) is 3.43. The van der Waals surface area contributed by atoms with Gasteiger partial charge in [-0.25, -0.2) is 19.1 Å². The van der Waals surface area contributed by atoms with Gasteiger partial charge in [0.05, 0.1) is 0 Å². The third-order valence-corrected chi connectivity index (χ3v) is 6.58. The average molecular weight is 604 g/mol. The van der Waals surface area contributed by atoms with Gasteiger partial charge in [0.15, 0.2) is 11.5 Å². The zero-order valence-corrected chi connectivity index (χ0v) is 21.8. The van der Waals surface area contributed by atoms with E-state index in [1.807, 2.05) is 16.9 Å². The van der Waals surface area contributed by atoms with Crippen LogP contribution >= 0.6 is 11.3 Å². The normalized spacial score (nSPS) is 15.8. The van der Waals surface area contributed by atoms with Crippen molar-refractivity contribution in [3.8, 4) is 10.4 Å². The smallest absolute Gasteiger partial charge is 0.475 e. The number of rotatable bonds is 4. The van der Waals surface area contributed by atoms with Gasteiger partial charge in [-0.3, -0.25) is 9.88 Å². The standard InChI is InChI=1S/C21H21N5S.2C2HF3O2/c1-3-18(14-25(11-1)13-16-7-9-22-10-8-16)21-23-20-6-5-17(15-26(20)24-21)19-4-2-12-27-19;2*3-2(4,5)1(6)7/h2,4-10,12,15,18H,1,3,11,13-14H2;2*(H,6,7). The van der Waals surface area contributed by atoms with Gasteiger partial charge in [-0.2, -0.15) is 31.4 Å². The molecule has 0 bridgehead atoms. The molecule has 1 unspecified atom stereocenters. The van der Waals surface area contributed by atoms with Gasteiger partial charge in [-0.1, -0.05) is 6.07 Å². The number of nitrogens with zero attached hydrogens (tertiary/aromatic N) is 5.